The molecule has 127 heavy (non-hydrogen) atoms. The molecule has 0 radical (unpaired) electrons. The van der Waals surface area contributed by atoms with Crippen molar-refractivity contribution in [3.63, 3.8) is 0 Å². The first-order valence-electron chi connectivity index (χ1n) is 41.2. The van der Waals surface area contributed by atoms with Crippen LogP contribution >= 0.6 is 91.8 Å². The molecule has 4 atom stereocenters. The van der Waals surface area contributed by atoms with Gasteiger partial charge in [-0.25, -0.2) is 9.97 Å². The zero-order valence-electron chi connectivity index (χ0n) is 73.9. The molecule has 0 unspecified atom stereocenters. The number of benzene rings is 4. The molecule has 4 aromatic carbocycles. The Morgan fingerprint density at radius 3 is 1.22 bits per heavy atom. The van der Waals surface area contributed by atoms with Gasteiger partial charge in [0.05, 0.1) is 54.9 Å². The standard InChI is InChI=1S/C24H24ClN7OS.C24H27ClN4O3S.C24H26ClN3O2S.C21H21ClN4O2S/c1-13-14(2)34-24-21(13)22(16-4-6-17(25)7-5-16)29-19(23-31-30-15(3)32(23)24)10-20(33)27-9-8-18-11-26-12-28-18;1-13-14(2)33-23-20(13)21(15-7-9-16(25)10-8-15)26-17(11-19(30)32-24(3,4)5)22-28-27-18(12-31-6)29(22)23;1-13-12-26-22-18(11-19(29)30-24(4,5)6)27-21(16-7-9-17(25)10-8-16)20-14(2)15(3)31-23(20)28(13)22;1-12-24-25-19-16(11-17(27)28-21(2,3)4)23-18(13-5-7-14(22)8-6-13)15-9-10-29-20(15)26(12)19/h4-7,11-12,19H,8-10H2,1-3H3,(H,26,28)(H,27,33);7-10,17H,11-12H2,1-6H3;7-10,12,18H,11H2,1-6H3;5-10,16H,11H2,1-4H3/t19-;17-;18-;16-/m0000/s1. The number of aliphatic imine (C=N–C) groups is 4. The molecule has 13 aromatic rings. The van der Waals surface area contributed by atoms with E-state index < -0.39 is 41.0 Å². The molecule has 0 spiro atoms. The number of aryl methyl sites for hydroxylation is 6. The largest absolute Gasteiger partial charge is 0.460 e. The number of carbonyl (C=O) groups is 4. The molecule has 0 bridgehead atoms. The van der Waals surface area contributed by atoms with Gasteiger partial charge in [-0.3, -0.25) is 57.4 Å². The number of hydrogen-bond acceptors (Lipinski definition) is 24. The lowest BCUT2D eigenvalue weighted by Gasteiger charge is -2.21. The van der Waals surface area contributed by atoms with E-state index in [-0.39, 0.29) is 56.1 Å². The average molecular weight is 1870 g/mol. The number of hydrogen-bond donors (Lipinski definition) is 2. The Balaban J connectivity index is 0.000000137. The van der Waals surface area contributed by atoms with Crippen LogP contribution in [-0.2, 0) is 51.2 Å². The number of rotatable bonds is 17. The topological polar surface area (TPSA) is 305 Å². The van der Waals surface area contributed by atoms with E-state index in [9.17, 15) is 19.2 Å². The number of halogens is 4. The quantitative estimate of drug-likeness (QED) is 0.0632. The number of esters is 3. The van der Waals surface area contributed by atoms with Crippen molar-refractivity contribution < 1.29 is 38.1 Å². The number of ether oxygens (including phenoxy) is 4. The highest BCUT2D eigenvalue weighted by Crippen LogP contribution is 2.45. The molecule has 4 aliphatic heterocycles. The van der Waals surface area contributed by atoms with Crippen molar-refractivity contribution in [2.24, 2.45) is 20.0 Å². The maximum atomic E-state index is 12.9. The Morgan fingerprint density at radius 2 is 0.811 bits per heavy atom. The summed E-state index contributed by atoms with van der Waals surface area (Å²) in [5, 5.41) is 37.9. The summed E-state index contributed by atoms with van der Waals surface area (Å²) in [6.07, 6.45) is 6.34. The van der Waals surface area contributed by atoms with Crippen molar-refractivity contribution in [1.29, 1.82) is 0 Å². The average Bonchev–Trinajstić information content (AvgIpc) is 1.60. The molecule has 26 nitrogen and oxygen atoms in total. The molecule has 0 aliphatic carbocycles. The first-order chi connectivity index (χ1) is 60.3. The Morgan fingerprint density at radius 1 is 0.441 bits per heavy atom. The van der Waals surface area contributed by atoms with E-state index in [1.807, 2.05) is 207 Å². The summed E-state index contributed by atoms with van der Waals surface area (Å²) in [7, 11) is 1.62. The van der Waals surface area contributed by atoms with Gasteiger partial charge in [0, 0.05) is 123 Å². The Labute approximate surface area is 773 Å². The molecule has 34 heteroatoms. The molecule has 2 N–H and O–H groups in total. The Kier molecular flexibility index (Phi) is 27.8. The number of imidazole rings is 2. The number of fused-ring (bicyclic) bond motifs is 12. The van der Waals surface area contributed by atoms with Gasteiger partial charge >= 0.3 is 17.9 Å². The number of carbonyl (C=O) groups excluding carboxylic acids is 4. The van der Waals surface area contributed by atoms with Crippen LogP contribution in [0, 0.1) is 62.3 Å². The van der Waals surface area contributed by atoms with E-state index in [1.54, 1.807) is 65.0 Å². The van der Waals surface area contributed by atoms with Crippen molar-refractivity contribution in [3.8, 4) is 20.0 Å². The summed E-state index contributed by atoms with van der Waals surface area (Å²) < 4.78 is 30.3. The Bertz CT molecular complexity index is 6400. The lowest BCUT2D eigenvalue weighted by Crippen LogP contribution is -2.27. The molecule has 4 aliphatic rings. The van der Waals surface area contributed by atoms with Crippen LogP contribution in [0.4, 0.5) is 0 Å². The van der Waals surface area contributed by atoms with Crippen LogP contribution in [0.25, 0.3) is 20.0 Å². The highest BCUT2D eigenvalue weighted by Gasteiger charge is 2.39. The van der Waals surface area contributed by atoms with Gasteiger partial charge in [0.15, 0.2) is 23.3 Å². The number of nitrogens with one attached hydrogen (secondary N) is 2. The van der Waals surface area contributed by atoms with Crippen molar-refractivity contribution >= 4 is 138 Å². The lowest BCUT2D eigenvalue weighted by molar-refractivity contribution is -0.156. The van der Waals surface area contributed by atoms with Crippen molar-refractivity contribution in [2.45, 2.75) is 204 Å². The molecule has 9 aromatic heterocycles. The number of methoxy groups -OCH3 is 1. The second-order valence-electron chi connectivity index (χ2n) is 34.0. The lowest BCUT2D eigenvalue weighted by atomic mass is 9.99. The van der Waals surface area contributed by atoms with Crippen LogP contribution in [0.1, 0.15) is 240 Å². The fraction of sp³-hybridized carbons (Fsp3) is 0.355. The first kappa shape index (κ1) is 92.4. The molecule has 0 fully saturated rings. The van der Waals surface area contributed by atoms with Crippen molar-refractivity contribution in [2.75, 3.05) is 13.7 Å². The van der Waals surface area contributed by atoms with Crippen molar-refractivity contribution in [3.05, 3.63) is 275 Å². The summed E-state index contributed by atoms with van der Waals surface area (Å²) in [6.45, 7) is 36.0. The molecule has 13 heterocycles. The van der Waals surface area contributed by atoms with Crippen LogP contribution in [0.15, 0.2) is 147 Å². The fourth-order valence-corrected chi connectivity index (χ4v) is 20.1. The minimum absolute atomic E-state index is 0.0481. The van der Waals surface area contributed by atoms with Crippen LogP contribution in [0.5, 0.6) is 0 Å². The summed E-state index contributed by atoms with van der Waals surface area (Å²) in [5.41, 5.74) is 14.9. The van der Waals surface area contributed by atoms with E-state index in [1.165, 1.54) is 20.2 Å². The fourth-order valence-electron chi connectivity index (χ4n) is 15.0. The molecular formula is C93H98Cl4N18O8S4. The minimum atomic E-state index is -0.592. The van der Waals surface area contributed by atoms with Crippen LogP contribution in [0.3, 0.4) is 0 Å². The zero-order valence-corrected chi connectivity index (χ0v) is 80.2. The number of H-pyrrole nitrogens is 1. The van der Waals surface area contributed by atoms with Gasteiger partial charge in [-0.2, -0.15) is 0 Å². The monoisotopic (exact) mass is 1860 g/mol. The van der Waals surface area contributed by atoms with Gasteiger partial charge in [-0.05, 0) is 201 Å². The summed E-state index contributed by atoms with van der Waals surface area (Å²) in [5.74, 6) is 3.82. The predicted molar refractivity (Wildman–Crippen MR) is 503 cm³/mol. The van der Waals surface area contributed by atoms with Gasteiger partial charge in [0.2, 0.25) is 5.91 Å². The smallest absolute Gasteiger partial charge is 0.308 e. The van der Waals surface area contributed by atoms with Gasteiger partial charge in [-0.15, -0.1) is 75.9 Å². The number of aromatic amines is 1. The highest BCUT2D eigenvalue weighted by atomic mass is 35.5. The summed E-state index contributed by atoms with van der Waals surface area (Å²) in [6, 6.07) is 30.5. The van der Waals surface area contributed by atoms with Gasteiger partial charge in [0.1, 0.15) is 85.1 Å². The van der Waals surface area contributed by atoms with Crippen LogP contribution < -0.4 is 5.32 Å². The third-order valence-corrected chi connectivity index (χ3v) is 26.5. The third kappa shape index (κ3) is 20.8. The van der Waals surface area contributed by atoms with Crippen LogP contribution in [0.2, 0.25) is 20.1 Å². The van der Waals surface area contributed by atoms with E-state index in [4.69, 9.17) is 85.3 Å². The first-order valence-corrected chi connectivity index (χ1v) is 46.1. The van der Waals surface area contributed by atoms with Crippen LogP contribution in [-0.4, -0.2) is 141 Å². The molecule has 17 rings (SSSR count). The van der Waals surface area contributed by atoms with Gasteiger partial charge < -0.3 is 29.2 Å². The van der Waals surface area contributed by atoms with Gasteiger partial charge in [-0.1, -0.05) is 94.9 Å². The molecule has 0 saturated heterocycles. The molecule has 0 saturated carbocycles. The normalized spacial score (nSPS) is 15.5. The van der Waals surface area contributed by atoms with E-state index in [0.717, 1.165) is 127 Å². The second-order valence-corrected chi connectivity index (χ2v) is 40.3. The summed E-state index contributed by atoms with van der Waals surface area (Å²) >= 11 is 31.2. The summed E-state index contributed by atoms with van der Waals surface area (Å²) in [4.78, 5) is 86.7. The van der Waals surface area contributed by atoms with Gasteiger partial charge in [0.25, 0.3) is 0 Å². The highest BCUT2D eigenvalue weighted by molar-refractivity contribution is 7.16. The Hall–Kier alpha value is -10.8. The SMILES string of the molecule is COCc1nnc2n1-c1sc(C)c(C)c1C(c1ccc(Cl)cc1)=N[C@H]2CC(=O)OC(C)(C)C.Cc1nnc2n1-c1sccc1C(c1ccc(Cl)cc1)=N[C@H]2CC(=O)OC(C)(C)C.Cc1sc2c(c1C)C(c1ccc(Cl)cc1)=N[C@@H](CC(=O)NCCc1cnc[nH]1)c1nnc(C)n1-2.Cc1sc2c(c1C)C(c1ccc(Cl)cc1)=N[C@@H](CC(=O)OC(C)(C)C)c1ncc(C)n1-2. The minimum Gasteiger partial charge on any atom is -0.460 e. The zero-order chi connectivity index (χ0) is 91.0. The van der Waals surface area contributed by atoms with E-state index in [0.29, 0.717) is 56.4 Å². The maximum Gasteiger partial charge on any atom is 0.308 e. The maximum absolute atomic E-state index is 12.9. The van der Waals surface area contributed by atoms with E-state index in [2.05, 4.69) is 102 Å². The number of amides is 1. The predicted octanol–water partition coefficient (Wildman–Crippen LogP) is 20.7. The molecular weight excluding hydrogens is 1770 g/mol. The van der Waals surface area contributed by atoms with Crippen molar-refractivity contribution in [1.82, 2.24) is 69.1 Å². The number of nitrogens with zero attached hydrogens (tertiary/aromatic N) is 16. The third-order valence-electron chi connectivity index (χ3n) is 21.0. The molecule has 660 valence electrons. The number of aromatic nitrogens is 13. The number of thiophene rings is 4. The molecule has 1 amide bonds. The second kappa shape index (κ2) is 38.2. The van der Waals surface area contributed by atoms with E-state index >= 15 is 0 Å².